The van der Waals surface area contributed by atoms with E-state index in [1.807, 2.05) is 6.92 Å². The van der Waals surface area contributed by atoms with Gasteiger partial charge in [-0.15, -0.1) is 0 Å². The van der Waals surface area contributed by atoms with E-state index in [-0.39, 0.29) is 0 Å². The minimum absolute atomic E-state index is 0.470. The molecule has 2 heteroatoms. The maximum Gasteiger partial charge on any atom is 0.119 e. The molecule has 96 valence electrons. The molecular weight excluding hydrogens is 210 g/mol. The Balaban J connectivity index is 2.55. The van der Waals surface area contributed by atoms with E-state index in [0.29, 0.717) is 6.04 Å². The van der Waals surface area contributed by atoms with E-state index in [1.54, 1.807) is 0 Å². The first-order valence-corrected chi connectivity index (χ1v) is 6.77. The highest BCUT2D eigenvalue weighted by molar-refractivity contribution is 5.29. The largest absolute Gasteiger partial charge is 0.494 e. The number of ether oxygens (including phenoxy) is 1. The zero-order valence-electron chi connectivity index (χ0n) is 11.3. The summed E-state index contributed by atoms with van der Waals surface area (Å²) in [6.45, 7) is 8.28. The molecule has 0 heterocycles. The van der Waals surface area contributed by atoms with Crippen molar-refractivity contribution in [1.29, 1.82) is 0 Å². The molecule has 0 saturated carbocycles. The standard InChI is InChI=1S/C15H25NO/c1-4-7-12-16-15(5-2)13-8-10-14(11-9-13)17-6-3/h8-11,15-16H,4-7,12H2,1-3H3. The van der Waals surface area contributed by atoms with Gasteiger partial charge in [-0.25, -0.2) is 0 Å². The molecule has 0 aliphatic heterocycles. The fraction of sp³-hybridized carbons (Fsp3) is 0.600. The number of benzene rings is 1. The van der Waals surface area contributed by atoms with E-state index in [0.717, 1.165) is 25.3 Å². The highest BCUT2D eigenvalue weighted by atomic mass is 16.5. The van der Waals surface area contributed by atoms with Crippen molar-refractivity contribution in [2.24, 2.45) is 0 Å². The molecule has 1 atom stereocenters. The molecule has 0 fully saturated rings. The Hall–Kier alpha value is -1.02. The van der Waals surface area contributed by atoms with Crippen LogP contribution >= 0.6 is 0 Å². The van der Waals surface area contributed by atoms with Crippen LogP contribution in [0.1, 0.15) is 51.6 Å². The van der Waals surface area contributed by atoms with Crippen molar-refractivity contribution in [1.82, 2.24) is 5.32 Å². The van der Waals surface area contributed by atoms with Gasteiger partial charge in [0.1, 0.15) is 5.75 Å². The summed E-state index contributed by atoms with van der Waals surface area (Å²) < 4.78 is 5.45. The smallest absolute Gasteiger partial charge is 0.119 e. The third-order valence-electron chi connectivity index (χ3n) is 2.92. The molecule has 0 amide bonds. The van der Waals surface area contributed by atoms with E-state index in [4.69, 9.17) is 4.74 Å². The molecule has 1 rings (SSSR count). The Kier molecular flexibility index (Phi) is 6.71. The Bertz CT molecular complexity index is 294. The third-order valence-corrected chi connectivity index (χ3v) is 2.92. The van der Waals surface area contributed by atoms with Crippen LogP contribution in [-0.4, -0.2) is 13.2 Å². The van der Waals surface area contributed by atoms with Crippen LogP contribution in [0.25, 0.3) is 0 Å². The van der Waals surface area contributed by atoms with E-state index in [9.17, 15) is 0 Å². The second-order valence-corrected chi connectivity index (χ2v) is 4.27. The Morgan fingerprint density at radius 1 is 1.12 bits per heavy atom. The summed E-state index contributed by atoms with van der Waals surface area (Å²) in [5, 5.41) is 3.60. The van der Waals surface area contributed by atoms with Gasteiger partial charge in [-0.05, 0) is 44.0 Å². The molecule has 0 aliphatic rings. The molecule has 0 bridgehead atoms. The van der Waals surface area contributed by atoms with Gasteiger partial charge >= 0.3 is 0 Å². The summed E-state index contributed by atoms with van der Waals surface area (Å²) in [6, 6.07) is 8.92. The van der Waals surface area contributed by atoms with Crippen molar-refractivity contribution in [2.75, 3.05) is 13.2 Å². The summed E-state index contributed by atoms with van der Waals surface area (Å²) in [7, 11) is 0. The average molecular weight is 235 g/mol. The predicted molar refractivity (Wildman–Crippen MR) is 73.6 cm³/mol. The quantitative estimate of drug-likeness (QED) is 0.689. The SMILES string of the molecule is CCCCNC(CC)c1ccc(OCC)cc1. The maximum atomic E-state index is 5.45. The van der Waals surface area contributed by atoms with E-state index < -0.39 is 0 Å². The van der Waals surface area contributed by atoms with Crippen molar-refractivity contribution >= 4 is 0 Å². The van der Waals surface area contributed by atoms with Crippen LogP contribution in [0.2, 0.25) is 0 Å². The molecule has 2 nitrogen and oxygen atoms in total. The first kappa shape index (κ1) is 14.0. The number of unbranched alkanes of at least 4 members (excludes halogenated alkanes) is 1. The number of nitrogens with one attached hydrogen (secondary N) is 1. The van der Waals surface area contributed by atoms with Gasteiger partial charge in [0.05, 0.1) is 6.61 Å². The lowest BCUT2D eigenvalue weighted by Gasteiger charge is -2.17. The Labute approximate surface area is 105 Å². The van der Waals surface area contributed by atoms with Crippen LogP contribution in [0.3, 0.4) is 0 Å². The van der Waals surface area contributed by atoms with Crippen LogP contribution in [0.4, 0.5) is 0 Å². The van der Waals surface area contributed by atoms with Crippen molar-refractivity contribution in [2.45, 2.75) is 46.1 Å². The molecule has 17 heavy (non-hydrogen) atoms. The third kappa shape index (κ3) is 4.78. The molecule has 0 spiro atoms. The van der Waals surface area contributed by atoms with Crippen molar-refractivity contribution in [3.63, 3.8) is 0 Å². The number of rotatable bonds is 8. The molecule has 1 aromatic rings. The number of hydrogen-bond acceptors (Lipinski definition) is 2. The van der Waals surface area contributed by atoms with Gasteiger partial charge in [0.25, 0.3) is 0 Å². The minimum atomic E-state index is 0.470. The molecule has 1 N–H and O–H groups in total. The van der Waals surface area contributed by atoms with E-state index in [1.165, 1.54) is 18.4 Å². The fourth-order valence-corrected chi connectivity index (χ4v) is 1.91. The lowest BCUT2D eigenvalue weighted by molar-refractivity contribution is 0.340. The molecule has 1 aromatic carbocycles. The molecule has 0 aromatic heterocycles. The minimum Gasteiger partial charge on any atom is -0.494 e. The van der Waals surface area contributed by atoms with Gasteiger partial charge in [-0.3, -0.25) is 0 Å². The molecule has 0 radical (unpaired) electrons. The summed E-state index contributed by atoms with van der Waals surface area (Å²) in [4.78, 5) is 0. The summed E-state index contributed by atoms with van der Waals surface area (Å²) in [5.74, 6) is 0.958. The van der Waals surface area contributed by atoms with Gasteiger partial charge in [0.2, 0.25) is 0 Å². The van der Waals surface area contributed by atoms with E-state index in [2.05, 4.69) is 43.4 Å². The maximum absolute atomic E-state index is 5.45. The van der Waals surface area contributed by atoms with Crippen LogP contribution in [0.5, 0.6) is 5.75 Å². The molecule has 1 unspecified atom stereocenters. The molecular formula is C15H25NO. The van der Waals surface area contributed by atoms with E-state index >= 15 is 0 Å². The lowest BCUT2D eigenvalue weighted by Crippen LogP contribution is -2.21. The Morgan fingerprint density at radius 2 is 1.82 bits per heavy atom. The summed E-state index contributed by atoms with van der Waals surface area (Å²) >= 11 is 0. The highest BCUT2D eigenvalue weighted by Crippen LogP contribution is 2.20. The van der Waals surface area contributed by atoms with Gasteiger partial charge in [0.15, 0.2) is 0 Å². The average Bonchev–Trinajstić information content (AvgIpc) is 2.36. The zero-order valence-corrected chi connectivity index (χ0v) is 11.3. The first-order chi connectivity index (χ1) is 8.31. The van der Waals surface area contributed by atoms with Crippen molar-refractivity contribution in [3.05, 3.63) is 29.8 Å². The zero-order chi connectivity index (χ0) is 12.5. The summed E-state index contributed by atoms with van der Waals surface area (Å²) in [5.41, 5.74) is 1.35. The monoisotopic (exact) mass is 235 g/mol. The molecule has 0 saturated heterocycles. The van der Waals surface area contributed by atoms with Gasteiger partial charge < -0.3 is 10.1 Å². The normalized spacial score (nSPS) is 12.4. The Morgan fingerprint density at radius 3 is 2.35 bits per heavy atom. The van der Waals surface area contributed by atoms with Crippen LogP contribution in [-0.2, 0) is 0 Å². The predicted octanol–water partition coefficient (Wildman–Crippen LogP) is 3.93. The van der Waals surface area contributed by atoms with Crippen molar-refractivity contribution < 1.29 is 4.74 Å². The topological polar surface area (TPSA) is 21.3 Å². The fourth-order valence-electron chi connectivity index (χ4n) is 1.91. The van der Waals surface area contributed by atoms with Crippen LogP contribution in [0.15, 0.2) is 24.3 Å². The van der Waals surface area contributed by atoms with Gasteiger partial charge in [0, 0.05) is 6.04 Å². The lowest BCUT2D eigenvalue weighted by atomic mass is 10.0. The van der Waals surface area contributed by atoms with Gasteiger partial charge in [-0.2, -0.15) is 0 Å². The highest BCUT2D eigenvalue weighted by Gasteiger charge is 2.07. The van der Waals surface area contributed by atoms with Crippen LogP contribution < -0.4 is 10.1 Å². The second kappa shape index (κ2) is 8.13. The molecule has 0 aliphatic carbocycles. The van der Waals surface area contributed by atoms with Gasteiger partial charge in [-0.1, -0.05) is 32.4 Å². The first-order valence-electron chi connectivity index (χ1n) is 6.77. The van der Waals surface area contributed by atoms with Crippen LogP contribution in [0, 0.1) is 0 Å². The summed E-state index contributed by atoms with van der Waals surface area (Å²) in [6.07, 6.45) is 3.61. The van der Waals surface area contributed by atoms with Crippen molar-refractivity contribution in [3.8, 4) is 5.75 Å². The second-order valence-electron chi connectivity index (χ2n) is 4.27. The number of hydrogen-bond donors (Lipinski definition) is 1.